The predicted molar refractivity (Wildman–Crippen MR) is 126 cm³/mol. The Hall–Kier alpha value is -1.64. The molecule has 2 heterocycles. The molecule has 2 amide bonds. The van der Waals surface area contributed by atoms with Gasteiger partial charge in [0.25, 0.3) is 0 Å². The highest BCUT2D eigenvalue weighted by Crippen LogP contribution is 2.23. The SMILES string of the molecule is C[C@@H]1CN(CC(O)CN2CCN(C(=O)/C=C/c3ccc(Cl)c(Cl)c3)CCC2=O)CC[C@H]1O. The minimum Gasteiger partial charge on any atom is -0.393 e. The molecule has 3 rings (SSSR count). The molecule has 7 nitrogen and oxygen atoms in total. The van der Waals surface area contributed by atoms with Crippen LogP contribution in [0.5, 0.6) is 0 Å². The average molecular weight is 484 g/mol. The fourth-order valence-corrected chi connectivity index (χ4v) is 4.47. The van der Waals surface area contributed by atoms with Gasteiger partial charge in [0.2, 0.25) is 11.8 Å². The molecule has 32 heavy (non-hydrogen) atoms. The molecule has 176 valence electrons. The summed E-state index contributed by atoms with van der Waals surface area (Å²) in [5.41, 5.74) is 0.767. The number of halogens is 2. The van der Waals surface area contributed by atoms with Gasteiger partial charge in [-0.05, 0) is 36.1 Å². The molecule has 1 aromatic carbocycles. The highest BCUT2D eigenvalue weighted by atomic mass is 35.5. The minimum atomic E-state index is -0.668. The first-order valence-electron chi connectivity index (χ1n) is 11.0. The zero-order chi connectivity index (χ0) is 23.3. The van der Waals surface area contributed by atoms with Crippen LogP contribution in [0.2, 0.25) is 10.0 Å². The number of aliphatic hydroxyl groups excluding tert-OH is 2. The van der Waals surface area contributed by atoms with Crippen molar-refractivity contribution in [2.45, 2.75) is 32.0 Å². The van der Waals surface area contributed by atoms with E-state index in [2.05, 4.69) is 4.90 Å². The molecule has 0 bridgehead atoms. The maximum absolute atomic E-state index is 12.6. The molecule has 1 unspecified atom stereocenters. The second-order valence-electron chi connectivity index (χ2n) is 8.67. The summed E-state index contributed by atoms with van der Waals surface area (Å²) >= 11 is 11.9. The first-order valence-corrected chi connectivity index (χ1v) is 11.8. The van der Waals surface area contributed by atoms with Crippen LogP contribution in [-0.4, -0.2) is 94.7 Å². The van der Waals surface area contributed by atoms with Gasteiger partial charge in [-0.1, -0.05) is 36.2 Å². The van der Waals surface area contributed by atoms with Gasteiger partial charge in [0.1, 0.15) is 0 Å². The standard InChI is InChI=1S/C23H31Cl2N3O4/c1-16-13-26(8-6-21(16)30)14-18(29)15-28-11-10-27(9-7-23(28)32)22(31)5-3-17-2-4-19(24)20(25)12-17/h2-5,12,16,18,21,29-30H,6-11,13-15H2,1H3/b5-3+/t16-,18?,21-/m1/s1. The van der Waals surface area contributed by atoms with Crippen molar-refractivity contribution in [3.63, 3.8) is 0 Å². The zero-order valence-corrected chi connectivity index (χ0v) is 19.8. The van der Waals surface area contributed by atoms with Crippen molar-refractivity contribution < 1.29 is 19.8 Å². The molecule has 2 aliphatic heterocycles. The normalized spacial score (nSPS) is 24.1. The second-order valence-corrected chi connectivity index (χ2v) is 9.48. The molecule has 2 N–H and O–H groups in total. The molecule has 3 atom stereocenters. The minimum absolute atomic E-state index is 0.0600. The molecule has 1 aromatic rings. The van der Waals surface area contributed by atoms with Crippen molar-refractivity contribution in [1.82, 2.24) is 14.7 Å². The number of carbonyl (C=O) groups is 2. The Balaban J connectivity index is 1.50. The van der Waals surface area contributed by atoms with E-state index in [4.69, 9.17) is 23.2 Å². The van der Waals surface area contributed by atoms with Crippen molar-refractivity contribution in [1.29, 1.82) is 0 Å². The van der Waals surface area contributed by atoms with Crippen LogP contribution < -0.4 is 0 Å². The lowest BCUT2D eigenvalue weighted by Gasteiger charge is -2.36. The fourth-order valence-electron chi connectivity index (χ4n) is 4.16. The van der Waals surface area contributed by atoms with Crippen LogP contribution in [0.1, 0.15) is 25.3 Å². The molecule has 9 heteroatoms. The Morgan fingerprint density at radius 1 is 1.19 bits per heavy atom. The van der Waals surface area contributed by atoms with Crippen LogP contribution in [0.4, 0.5) is 0 Å². The molecular formula is C23H31Cl2N3O4. The number of likely N-dealkylation sites (tertiary alicyclic amines) is 1. The van der Waals surface area contributed by atoms with Crippen LogP contribution in [-0.2, 0) is 9.59 Å². The van der Waals surface area contributed by atoms with Gasteiger partial charge >= 0.3 is 0 Å². The maximum atomic E-state index is 12.6. The third-order valence-electron chi connectivity index (χ3n) is 6.11. The molecular weight excluding hydrogens is 453 g/mol. The molecule has 2 aliphatic rings. The highest BCUT2D eigenvalue weighted by Gasteiger charge is 2.28. The van der Waals surface area contributed by atoms with Crippen LogP contribution >= 0.6 is 23.2 Å². The van der Waals surface area contributed by atoms with Gasteiger partial charge in [0.15, 0.2) is 0 Å². The summed E-state index contributed by atoms with van der Waals surface area (Å²) in [7, 11) is 0. The van der Waals surface area contributed by atoms with Crippen molar-refractivity contribution in [2.24, 2.45) is 5.92 Å². The number of piperidine rings is 1. The van der Waals surface area contributed by atoms with E-state index in [0.29, 0.717) is 42.6 Å². The number of aliphatic hydroxyl groups is 2. The van der Waals surface area contributed by atoms with E-state index in [1.165, 1.54) is 6.08 Å². The Labute approximate surface area is 199 Å². The van der Waals surface area contributed by atoms with E-state index in [9.17, 15) is 19.8 Å². The van der Waals surface area contributed by atoms with Gasteiger partial charge in [0, 0.05) is 58.3 Å². The summed E-state index contributed by atoms with van der Waals surface area (Å²) in [6.45, 7) is 5.33. The smallest absolute Gasteiger partial charge is 0.246 e. The van der Waals surface area contributed by atoms with Crippen molar-refractivity contribution in [3.8, 4) is 0 Å². The van der Waals surface area contributed by atoms with Crippen LogP contribution in [0, 0.1) is 5.92 Å². The van der Waals surface area contributed by atoms with Crippen molar-refractivity contribution in [2.75, 3.05) is 45.8 Å². The van der Waals surface area contributed by atoms with Gasteiger partial charge in [-0.15, -0.1) is 0 Å². The summed E-state index contributed by atoms with van der Waals surface area (Å²) in [5, 5.41) is 21.3. The van der Waals surface area contributed by atoms with E-state index < -0.39 is 6.10 Å². The fraction of sp³-hybridized carbons (Fsp3) is 0.565. The number of hydrogen-bond acceptors (Lipinski definition) is 5. The van der Waals surface area contributed by atoms with Gasteiger partial charge in [0.05, 0.1) is 22.3 Å². The maximum Gasteiger partial charge on any atom is 0.246 e. The van der Waals surface area contributed by atoms with Gasteiger partial charge in [-0.2, -0.15) is 0 Å². The summed E-state index contributed by atoms with van der Waals surface area (Å²) in [6.07, 6.45) is 3.12. The number of rotatable bonds is 6. The van der Waals surface area contributed by atoms with Gasteiger partial charge in [-0.25, -0.2) is 0 Å². The van der Waals surface area contributed by atoms with Crippen molar-refractivity contribution in [3.05, 3.63) is 39.9 Å². The number of carbonyl (C=O) groups excluding carboxylic acids is 2. The lowest BCUT2D eigenvalue weighted by Crippen LogP contribution is -2.48. The third-order valence-corrected chi connectivity index (χ3v) is 6.85. The number of amides is 2. The number of hydrogen-bond donors (Lipinski definition) is 2. The summed E-state index contributed by atoms with van der Waals surface area (Å²) in [4.78, 5) is 30.6. The Bertz CT molecular complexity index is 851. The molecule has 0 aliphatic carbocycles. The number of benzene rings is 1. The van der Waals surface area contributed by atoms with Gasteiger partial charge in [-0.3, -0.25) is 9.59 Å². The van der Waals surface area contributed by atoms with Crippen LogP contribution in [0.3, 0.4) is 0 Å². The summed E-state index contributed by atoms with van der Waals surface area (Å²) in [6, 6.07) is 5.14. The summed E-state index contributed by atoms with van der Waals surface area (Å²) < 4.78 is 0. The predicted octanol–water partition coefficient (Wildman–Crippen LogP) is 2.13. The summed E-state index contributed by atoms with van der Waals surface area (Å²) in [5.74, 6) is -0.0605. The van der Waals surface area contributed by atoms with Crippen LogP contribution in [0.15, 0.2) is 24.3 Å². The largest absolute Gasteiger partial charge is 0.393 e. The van der Waals surface area contributed by atoms with Crippen molar-refractivity contribution >= 4 is 41.1 Å². The van der Waals surface area contributed by atoms with E-state index in [1.54, 1.807) is 34.1 Å². The lowest BCUT2D eigenvalue weighted by molar-refractivity contribution is -0.132. The monoisotopic (exact) mass is 483 g/mol. The second kappa shape index (κ2) is 11.5. The Kier molecular flexibility index (Phi) is 8.96. The van der Waals surface area contributed by atoms with E-state index in [-0.39, 0.29) is 36.8 Å². The Morgan fingerprint density at radius 3 is 2.69 bits per heavy atom. The lowest BCUT2D eigenvalue weighted by atomic mass is 9.96. The third kappa shape index (κ3) is 6.93. The average Bonchev–Trinajstić information content (AvgIpc) is 2.93. The number of β-amino-alcohol motifs (C(OH)–C–C–N with tert-alkyl or cyclic N) is 1. The molecule has 0 radical (unpaired) electrons. The first-order chi connectivity index (χ1) is 15.2. The zero-order valence-electron chi connectivity index (χ0n) is 18.3. The molecule has 2 fully saturated rings. The molecule has 0 spiro atoms. The van der Waals surface area contributed by atoms with E-state index in [0.717, 1.165) is 18.7 Å². The topological polar surface area (TPSA) is 84.3 Å². The quantitative estimate of drug-likeness (QED) is 0.605. The van der Waals surface area contributed by atoms with Crippen LogP contribution in [0.25, 0.3) is 6.08 Å². The number of nitrogens with zero attached hydrogens (tertiary/aromatic N) is 3. The van der Waals surface area contributed by atoms with E-state index in [1.807, 2.05) is 6.92 Å². The van der Waals surface area contributed by atoms with Gasteiger partial charge < -0.3 is 24.9 Å². The first kappa shape index (κ1) is 25.0. The van der Waals surface area contributed by atoms with E-state index >= 15 is 0 Å². The molecule has 0 aromatic heterocycles. The molecule has 2 saturated heterocycles. The highest BCUT2D eigenvalue weighted by molar-refractivity contribution is 6.42. The Morgan fingerprint density at radius 2 is 1.97 bits per heavy atom. The molecule has 0 saturated carbocycles.